The molecule has 1 fully saturated rings. The Morgan fingerprint density at radius 3 is 2.75 bits per heavy atom. The first-order valence-electron chi connectivity index (χ1n) is 6.47. The zero-order chi connectivity index (χ0) is 14.9. The summed E-state index contributed by atoms with van der Waals surface area (Å²) in [7, 11) is 1.31. The van der Waals surface area contributed by atoms with Crippen LogP contribution >= 0.6 is 0 Å². The SMILES string of the molecule is COC(=O)C1CC(=O)N(Cc2c(C)cc(C)[nH]c2=O)C1. The van der Waals surface area contributed by atoms with Gasteiger partial charge in [0.25, 0.3) is 5.56 Å². The molecule has 1 saturated heterocycles. The predicted octanol–water partition coefficient (Wildman–Crippen LogP) is 0.513. The number of esters is 1. The van der Waals surface area contributed by atoms with Gasteiger partial charge in [0.05, 0.1) is 19.6 Å². The summed E-state index contributed by atoms with van der Waals surface area (Å²) in [6.45, 7) is 4.19. The van der Waals surface area contributed by atoms with Crippen molar-refractivity contribution in [3.63, 3.8) is 0 Å². The minimum Gasteiger partial charge on any atom is -0.469 e. The van der Waals surface area contributed by atoms with Gasteiger partial charge in [-0.1, -0.05) is 0 Å². The van der Waals surface area contributed by atoms with E-state index in [1.54, 1.807) is 0 Å². The van der Waals surface area contributed by atoms with Crippen molar-refractivity contribution in [1.29, 1.82) is 0 Å². The van der Waals surface area contributed by atoms with Crippen molar-refractivity contribution in [1.82, 2.24) is 9.88 Å². The van der Waals surface area contributed by atoms with Gasteiger partial charge >= 0.3 is 5.97 Å². The third-order valence-corrected chi connectivity index (χ3v) is 3.59. The molecule has 1 aromatic heterocycles. The monoisotopic (exact) mass is 278 g/mol. The van der Waals surface area contributed by atoms with E-state index < -0.39 is 5.92 Å². The lowest BCUT2D eigenvalue weighted by Gasteiger charge is -2.17. The van der Waals surface area contributed by atoms with E-state index in [2.05, 4.69) is 9.72 Å². The summed E-state index contributed by atoms with van der Waals surface area (Å²) in [4.78, 5) is 39.6. The summed E-state index contributed by atoms with van der Waals surface area (Å²) in [6, 6.07) is 1.87. The Hall–Kier alpha value is -2.11. The van der Waals surface area contributed by atoms with Crippen LogP contribution in [0.4, 0.5) is 0 Å². The maximum atomic E-state index is 11.9. The number of aromatic nitrogens is 1. The first kappa shape index (κ1) is 14.3. The predicted molar refractivity (Wildman–Crippen MR) is 72.1 cm³/mol. The summed E-state index contributed by atoms with van der Waals surface area (Å²) < 4.78 is 4.66. The molecule has 1 N–H and O–H groups in total. The highest BCUT2D eigenvalue weighted by molar-refractivity contribution is 5.86. The molecule has 1 aromatic rings. The Balaban J connectivity index is 2.17. The number of pyridine rings is 1. The first-order valence-corrected chi connectivity index (χ1v) is 6.47. The van der Waals surface area contributed by atoms with Crippen molar-refractivity contribution < 1.29 is 14.3 Å². The average molecular weight is 278 g/mol. The van der Waals surface area contributed by atoms with Crippen molar-refractivity contribution in [2.45, 2.75) is 26.8 Å². The maximum Gasteiger partial charge on any atom is 0.310 e. The fourth-order valence-corrected chi connectivity index (χ4v) is 2.52. The molecule has 108 valence electrons. The van der Waals surface area contributed by atoms with Gasteiger partial charge in [0.2, 0.25) is 5.91 Å². The smallest absolute Gasteiger partial charge is 0.310 e. The maximum absolute atomic E-state index is 11.9. The average Bonchev–Trinajstić information content (AvgIpc) is 2.74. The van der Waals surface area contributed by atoms with Gasteiger partial charge in [-0.15, -0.1) is 0 Å². The van der Waals surface area contributed by atoms with Gasteiger partial charge < -0.3 is 14.6 Å². The van der Waals surface area contributed by atoms with E-state index in [0.717, 1.165) is 11.3 Å². The van der Waals surface area contributed by atoms with E-state index in [4.69, 9.17) is 0 Å². The highest BCUT2D eigenvalue weighted by Gasteiger charge is 2.35. The second-order valence-corrected chi connectivity index (χ2v) is 5.14. The third-order valence-electron chi connectivity index (χ3n) is 3.59. The standard InChI is InChI=1S/C14H18N2O4/c1-8-4-9(2)15-13(18)11(8)7-16-6-10(5-12(16)17)14(19)20-3/h4,10H,5-7H2,1-3H3,(H,15,18). The van der Waals surface area contributed by atoms with Crippen molar-refractivity contribution in [3.05, 3.63) is 33.2 Å². The third kappa shape index (κ3) is 2.74. The molecule has 6 nitrogen and oxygen atoms in total. The van der Waals surface area contributed by atoms with Crippen LogP contribution in [0.1, 0.15) is 23.2 Å². The van der Waals surface area contributed by atoms with Crippen LogP contribution in [0.15, 0.2) is 10.9 Å². The number of likely N-dealkylation sites (tertiary alicyclic amines) is 1. The van der Waals surface area contributed by atoms with Gasteiger partial charge in [-0.2, -0.15) is 0 Å². The number of hydrogen-bond acceptors (Lipinski definition) is 4. The summed E-state index contributed by atoms with van der Waals surface area (Å²) >= 11 is 0. The molecule has 0 aromatic carbocycles. The van der Waals surface area contributed by atoms with Crippen molar-refractivity contribution >= 4 is 11.9 Å². The number of carbonyl (C=O) groups excluding carboxylic acids is 2. The first-order chi connectivity index (χ1) is 9.42. The number of rotatable bonds is 3. The Bertz CT molecular complexity index is 606. The lowest BCUT2D eigenvalue weighted by Crippen LogP contribution is -2.30. The fourth-order valence-electron chi connectivity index (χ4n) is 2.52. The quantitative estimate of drug-likeness (QED) is 0.817. The highest BCUT2D eigenvalue weighted by atomic mass is 16.5. The number of nitrogens with one attached hydrogen (secondary N) is 1. The Morgan fingerprint density at radius 1 is 1.45 bits per heavy atom. The molecular weight excluding hydrogens is 260 g/mol. The van der Waals surface area contributed by atoms with Crippen molar-refractivity contribution in [3.8, 4) is 0 Å². The van der Waals surface area contributed by atoms with Gasteiger partial charge in [0, 0.05) is 24.2 Å². The summed E-state index contributed by atoms with van der Waals surface area (Å²) in [6.07, 6.45) is 0.148. The molecule has 1 amide bonds. The largest absolute Gasteiger partial charge is 0.469 e. The normalized spacial score (nSPS) is 18.4. The van der Waals surface area contributed by atoms with Crippen molar-refractivity contribution in [2.75, 3.05) is 13.7 Å². The molecule has 1 aliphatic heterocycles. The van der Waals surface area contributed by atoms with E-state index in [9.17, 15) is 14.4 Å². The van der Waals surface area contributed by atoms with E-state index in [1.807, 2.05) is 19.9 Å². The molecule has 0 aliphatic carbocycles. The molecule has 0 saturated carbocycles. The lowest BCUT2D eigenvalue weighted by molar-refractivity contribution is -0.145. The fraction of sp³-hybridized carbons (Fsp3) is 0.500. The Kier molecular flexibility index (Phi) is 3.92. The van der Waals surface area contributed by atoms with Gasteiger partial charge in [0.15, 0.2) is 0 Å². The van der Waals surface area contributed by atoms with Crippen LogP contribution in [0.3, 0.4) is 0 Å². The van der Waals surface area contributed by atoms with E-state index in [1.165, 1.54) is 12.0 Å². The zero-order valence-corrected chi connectivity index (χ0v) is 11.9. The van der Waals surface area contributed by atoms with E-state index >= 15 is 0 Å². The van der Waals surface area contributed by atoms with Crippen LogP contribution in [-0.2, 0) is 20.9 Å². The lowest BCUT2D eigenvalue weighted by atomic mass is 10.1. The van der Waals surface area contributed by atoms with Gasteiger partial charge in [-0.25, -0.2) is 0 Å². The summed E-state index contributed by atoms with van der Waals surface area (Å²) in [5, 5.41) is 0. The minimum absolute atomic E-state index is 0.125. The summed E-state index contributed by atoms with van der Waals surface area (Å²) in [5.74, 6) is -0.938. The number of methoxy groups -OCH3 is 1. The molecule has 6 heteroatoms. The van der Waals surface area contributed by atoms with E-state index in [0.29, 0.717) is 12.1 Å². The van der Waals surface area contributed by atoms with Gasteiger partial charge in [-0.05, 0) is 25.5 Å². The van der Waals surface area contributed by atoms with Crippen LogP contribution in [-0.4, -0.2) is 35.4 Å². The van der Waals surface area contributed by atoms with Crippen LogP contribution in [0.2, 0.25) is 0 Å². The van der Waals surface area contributed by atoms with Crippen molar-refractivity contribution in [2.24, 2.45) is 5.92 Å². The Morgan fingerprint density at radius 2 is 2.15 bits per heavy atom. The number of amides is 1. The second-order valence-electron chi connectivity index (χ2n) is 5.14. The van der Waals surface area contributed by atoms with Gasteiger partial charge in [-0.3, -0.25) is 14.4 Å². The molecular formula is C14H18N2O4. The Labute approximate surface area is 116 Å². The molecule has 0 bridgehead atoms. The van der Waals surface area contributed by atoms with Crippen LogP contribution < -0.4 is 5.56 Å². The molecule has 2 heterocycles. The number of ether oxygens (including phenoxy) is 1. The van der Waals surface area contributed by atoms with Crippen LogP contribution in [0.25, 0.3) is 0 Å². The van der Waals surface area contributed by atoms with Crippen LogP contribution in [0, 0.1) is 19.8 Å². The van der Waals surface area contributed by atoms with E-state index in [-0.39, 0.29) is 30.4 Å². The molecule has 1 aliphatic rings. The molecule has 0 radical (unpaired) electrons. The molecule has 0 spiro atoms. The second kappa shape index (κ2) is 5.48. The number of H-pyrrole nitrogens is 1. The molecule has 20 heavy (non-hydrogen) atoms. The van der Waals surface area contributed by atoms with Gasteiger partial charge in [0.1, 0.15) is 0 Å². The zero-order valence-electron chi connectivity index (χ0n) is 11.9. The number of nitrogens with zero attached hydrogens (tertiary/aromatic N) is 1. The molecule has 2 rings (SSSR count). The summed E-state index contributed by atoms with van der Waals surface area (Å²) in [5.41, 5.74) is 2.02. The molecule has 1 unspecified atom stereocenters. The highest BCUT2D eigenvalue weighted by Crippen LogP contribution is 2.21. The topological polar surface area (TPSA) is 79.5 Å². The number of hydrogen-bond donors (Lipinski definition) is 1. The minimum atomic E-state index is -0.433. The number of aromatic amines is 1. The van der Waals surface area contributed by atoms with Crippen LogP contribution in [0.5, 0.6) is 0 Å². The molecule has 1 atom stereocenters. The number of carbonyl (C=O) groups is 2. The number of aryl methyl sites for hydroxylation is 2.